The molecular weight excluding hydrogens is 313 g/mol. The predicted molar refractivity (Wildman–Crippen MR) is 74.2 cm³/mol. The van der Waals surface area contributed by atoms with E-state index in [-0.39, 0.29) is 27.3 Å². The average molecular weight is 326 g/mol. The third-order valence-corrected chi connectivity index (χ3v) is 4.56. The monoisotopic (exact) mass is 325 g/mol. The molecule has 0 saturated heterocycles. The Labute approximate surface area is 121 Å². The second-order valence-corrected chi connectivity index (χ2v) is 6.44. The van der Waals surface area contributed by atoms with Crippen molar-refractivity contribution < 1.29 is 13.6 Å². The average Bonchev–Trinajstić information content (AvgIpc) is 2.38. The lowest BCUT2D eigenvalue weighted by Gasteiger charge is -2.12. The van der Waals surface area contributed by atoms with Gasteiger partial charge in [0.05, 0.1) is 14.9 Å². The number of nitrogens with two attached hydrogens (primary N) is 1. The molecule has 19 heavy (non-hydrogen) atoms. The van der Waals surface area contributed by atoms with Crippen molar-refractivity contribution in [2.75, 3.05) is 6.54 Å². The highest BCUT2D eigenvalue weighted by molar-refractivity contribution is 7.89. The van der Waals surface area contributed by atoms with E-state index in [2.05, 4.69) is 9.88 Å². The largest absolute Gasteiger partial charge is 0.409 e. The van der Waals surface area contributed by atoms with Crippen LogP contribution in [0.5, 0.6) is 0 Å². The lowest BCUT2D eigenvalue weighted by molar-refractivity contribution is 0.314. The topological polar surface area (TPSA) is 105 Å². The van der Waals surface area contributed by atoms with Gasteiger partial charge in [-0.2, -0.15) is 0 Å². The number of rotatable bonds is 5. The zero-order valence-electron chi connectivity index (χ0n) is 9.97. The summed E-state index contributed by atoms with van der Waals surface area (Å²) in [5.41, 5.74) is 5.36. The maximum atomic E-state index is 12.0. The lowest BCUT2D eigenvalue weighted by atomic mass is 10.2. The highest BCUT2D eigenvalue weighted by Crippen LogP contribution is 2.24. The van der Waals surface area contributed by atoms with Gasteiger partial charge in [-0.15, -0.1) is 0 Å². The number of nitrogens with one attached hydrogen (secondary N) is 1. The molecule has 4 N–H and O–H groups in total. The van der Waals surface area contributed by atoms with Gasteiger partial charge in [-0.05, 0) is 18.2 Å². The van der Waals surface area contributed by atoms with Crippen molar-refractivity contribution in [1.29, 1.82) is 0 Å². The molecular formula is C10H13Cl2N3O3S. The van der Waals surface area contributed by atoms with Gasteiger partial charge in [-0.3, -0.25) is 0 Å². The minimum Gasteiger partial charge on any atom is -0.409 e. The number of halogens is 2. The molecule has 9 heteroatoms. The normalized spacial score (nSPS) is 14.4. The van der Waals surface area contributed by atoms with Crippen LogP contribution in [0.25, 0.3) is 0 Å². The molecule has 0 aliphatic carbocycles. The predicted octanol–water partition coefficient (Wildman–Crippen LogP) is 1.65. The van der Waals surface area contributed by atoms with E-state index < -0.39 is 15.9 Å². The van der Waals surface area contributed by atoms with Crippen LogP contribution in [-0.2, 0) is 10.0 Å². The van der Waals surface area contributed by atoms with Gasteiger partial charge in [-0.1, -0.05) is 35.3 Å². The van der Waals surface area contributed by atoms with Crippen molar-refractivity contribution >= 4 is 39.1 Å². The summed E-state index contributed by atoms with van der Waals surface area (Å²) in [7, 11) is -3.72. The Morgan fingerprint density at radius 2 is 2.11 bits per heavy atom. The van der Waals surface area contributed by atoms with Crippen LogP contribution < -0.4 is 10.5 Å². The number of benzene rings is 1. The first-order valence-corrected chi connectivity index (χ1v) is 7.44. The van der Waals surface area contributed by atoms with E-state index in [4.69, 9.17) is 34.1 Å². The van der Waals surface area contributed by atoms with Gasteiger partial charge < -0.3 is 10.9 Å². The second-order valence-electron chi connectivity index (χ2n) is 3.85. The maximum absolute atomic E-state index is 12.0. The van der Waals surface area contributed by atoms with Crippen molar-refractivity contribution in [2.45, 2.75) is 11.8 Å². The summed E-state index contributed by atoms with van der Waals surface area (Å²) in [6.45, 7) is 1.62. The molecule has 1 unspecified atom stereocenters. The van der Waals surface area contributed by atoms with Crippen LogP contribution in [-0.4, -0.2) is 26.0 Å². The van der Waals surface area contributed by atoms with E-state index in [1.165, 1.54) is 18.2 Å². The minimum atomic E-state index is -3.72. The molecule has 0 aliphatic rings. The number of sulfonamides is 1. The van der Waals surface area contributed by atoms with Gasteiger partial charge >= 0.3 is 0 Å². The maximum Gasteiger partial charge on any atom is 0.240 e. The highest BCUT2D eigenvalue weighted by Gasteiger charge is 2.17. The van der Waals surface area contributed by atoms with Gasteiger partial charge in [0.1, 0.15) is 5.84 Å². The molecule has 1 rings (SSSR count). The Morgan fingerprint density at radius 3 is 2.63 bits per heavy atom. The molecule has 0 bridgehead atoms. The van der Waals surface area contributed by atoms with Gasteiger partial charge in [0.25, 0.3) is 0 Å². The summed E-state index contributed by atoms with van der Waals surface area (Å²) in [5, 5.41) is 11.7. The zero-order valence-corrected chi connectivity index (χ0v) is 12.3. The molecule has 1 aromatic rings. The Balaban J connectivity index is 2.84. The van der Waals surface area contributed by atoms with Crippen LogP contribution in [0.4, 0.5) is 0 Å². The summed E-state index contributed by atoms with van der Waals surface area (Å²) in [6.07, 6.45) is 0. The molecule has 0 aromatic heterocycles. The van der Waals surface area contributed by atoms with E-state index in [9.17, 15) is 8.42 Å². The molecule has 1 aromatic carbocycles. The Bertz CT molecular complexity index is 590. The number of nitrogens with zero attached hydrogens (tertiary/aromatic N) is 1. The molecule has 1 atom stereocenters. The van der Waals surface area contributed by atoms with Crippen LogP contribution in [0.15, 0.2) is 28.3 Å². The van der Waals surface area contributed by atoms with Crippen molar-refractivity contribution in [3.05, 3.63) is 28.2 Å². The summed E-state index contributed by atoms with van der Waals surface area (Å²) < 4.78 is 26.2. The van der Waals surface area contributed by atoms with Crippen molar-refractivity contribution in [3.63, 3.8) is 0 Å². The molecule has 0 saturated carbocycles. The summed E-state index contributed by atoms with van der Waals surface area (Å²) in [6, 6.07) is 3.98. The third kappa shape index (κ3) is 4.24. The van der Waals surface area contributed by atoms with Gasteiger partial charge in [0.2, 0.25) is 10.0 Å². The fourth-order valence-corrected chi connectivity index (χ4v) is 2.68. The third-order valence-electron chi connectivity index (χ3n) is 2.40. The van der Waals surface area contributed by atoms with Crippen LogP contribution in [0, 0.1) is 5.92 Å². The zero-order chi connectivity index (χ0) is 14.6. The number of amidine groups is 1. The van der Waals surface area contributed by atoms with Crippen molar-refractivity contribution in [1.82, 2.24) is 4.72 Å². The SMILES string of the molecule is CC(CNS(=O)(=O)c1ccc(Cl)c(Cl)c1)C(N)=NO. The van der Waals surface area contributed by atoms with Crippen molar-refractivity contribution in [3.8, 4) is 0 Å². The molecule has 0 spiro atoms. The van der Waals surface area contributed by atoms with Crippen LogP contribution in [0.3, 0.4) is 0 Å². The van der Waals surface area contributed by atoms with E-state index in [0.29, 0.717) is 0 Å². The molecule has 106 valence electrons. The van der Waals surface area contributed by atoms with E-state index in [0.717, 1.165) is 0 Å². The number of hydrogen-bond donors (Lipinski definition) is 3. The first-order chi connectivity index (χ1) is 8.77. The van der Waals surface area contributed by atoms with E-state index >= 15 is 0 Å². The van der Waals surface area contributed by atoms with Crippen LogP contribution >= 0.6 is 23.2 Å². The smallest absolute Gasteiger partial charge is 0.240 e. The fraction of sp³-hybridized carbons (Fsp3) is 0.300. The Morgan fingerprint density at radius 1 is 1.47 bits per heavy atom. The molecule has 0 heterocycles. The first kappa shape index (κ1) is 16.0. The van der Waals surface area contributed by atoms with E-state index in [1.54, 1.807) is 6.92 Å². The van der Waals surface area contributed by atoms with Crippen molar-refractivity contribution in [2.24, 2.45) is 16.8 Å². The van der Waals surface area contributed by atoms with Gasteiger partial charge in [-0.25, -0.2) is 13.1 Å². The molecule has 6 nitrogen and oxygen atoms in total. The lowest BCUT2D eigenvalue weighted by Crippen LogP contribution is -2.34. The summed E-state index contributed by atoms with van der Waals surface area (Å²) >= 11 is 11.5. The standard InChI is InChI=1S/C10H13Cl2N3O3S/c1-6(10(13)15-16)5-14-19(17,18)7-2-3-8(11)9(12)4-7/h2-4,6,14,16H,5H2,1H3,(H2,13,15). The molecule has 0 radical (unpaired) electrons. The number of oxime groups is 1. The molecule has 0 fully saturated rings. The Kier molecular flexibility index (Phi) is 5.42. The fourth-order valence-electron chi connectivity index (χ4n) is 1.17. The molecule has 0 aliphatic heterocycles. The minimum absolute atomic E-state index is 0.00152. The molecule has 0 amide bonds. The highest BCUT2D eigenvalue weighted by atomic mass is 35.5. The number of hydrogen-bond acceptors (Lipinski definition) is 4. The summed E-state index contributed by atoms with van der Waals surface area (Å²) in [4.78, 5) is -0.00592. The van der Waals surface area contributed by atoms with Gasteiger partial charge in [0, 0.05) is 12.5 Å². The van der Waals surface area contributed by atoms with E-state index in [1.807, 2.05) is 0 Å². The quantitative estimate of drug-likeness (QED) is 0.331. The first-order valence-electron chi connectivity index (χ1n) is 5.20. The van der Waals surface area contributed by atoms with Crippen LogP contribution in [0.1, 0.15) is 6.92 Å². The second kappa shape index (κ2) is 6.42. The van der Waals surface area contributed by atoms with Gasteiger partial charge in [0.15, 0.2) is 0 Å². The van der Waals surface area contributed by atoms with Crippen LogP contribution in [0.2, 0.25) is 10.0 Å². The Hall–Kier alpha value is -1.02. The summed E-state index contributed by atoms with van der Waals surface area (Å²) in [5.74, 6) is -0.501.